The third kappa shape index (κ3) is 3.29. The molecule has 19 heavy (non-hydrogen) atoms. The van der Waals surface area contributed by atoms with Gasteiger partial charge >= 0.3 is 0 Å². The van der Waals surface area contributed by atoms with Crippen molar-refractivity contribution in [2.24, 2.45) is 5.73 Å². The Morgan fingerprint density at radius 3 is 2.47 bits per heavy atom. The summed E-state index contributed by atoms with van der Waals surface area (Å²) >= 11 is 0. The fourth-order valence-corrected chi connectivity index (χ4v) is 1.91. The normalized spacial score (nSPS) is 12.2. The van der Waals surface area contributed by atoms with Gasteiger partial charge in [-0.3, -0.25) is 0 Å². The van der Waals surface area contributed by atoms with Gasteiger partial charge in [-0.2, -0.15) is 0 Å². The number of anilines is 1. The molecule has 1 atom stereocenters. The summed E-state index contributed by atoms with van der Waals surface area (Å²) in [6, 6.07) is 11.7. The van der Waals surface area contributed by atoms with Gasteiger partial charge in [0.25, 0.3) is 0 Å². The van der Waals surface area contributed by atoms with E-state index in [4.69, 9.17) is 14.9 Å². The molecular weight excluding hydrogens is 240 g/mol. The average Bonchev–Trinajstić information content (AvgIpc) is 2.94. The summed E-state index contributed by atoms with van der Waals surface area (Å²) < 4.78 is 10.9. The Labute approximate surface area is 113 Å². The van der Waals surface area contributed by atoms with Gasteiger partial charge in [0.15, 0.2) is 0 Å². The Hall–Kier alpha value is -1.94. The first-order valence-corrected chi connectivity index (χ1v) is 6.46. The Bertz CT molecular complexity index is 505. The number of aryl methyl sites for hydroxylation is 1. The molecule has 0 bridgehead atoms. The average molecular weight is 260 g/mol. The first kappa shape index (κ1) is 13.5. The zero-order valence-electron chi connectivity index (χ0n) is 11.3. The predicted octanol–water partition coefficient (Wildman–Crippen LogP) is 2.96. The number of ether oxygens (including phenoxy) is 1. The molecule has 0 aliphatic heterocycles. The van der Waals surface area contributed by atoms with E-state index in [-0.39, 0.29) is 6.04 Å². The van der Waals surface area contributed by atoms with Gasteiger partial charge in [-0.1, -0.05) is 6.92 Å². The number of methoxy groups -OCH3 is 1. The van der Waals surface area contributed by atoms with Crippen molar-refractivity contribution in [2.75, 3.05) is 19.0 Å². The van der Waals surface area contributed by atoms with Crippen LogP contribution in [0.3, 0.4) is 0 Å². The molecule has 0 aliphatic carbocycles. The highest BCUT2D eigenvalue weighted by atomic mass is 16.5. The maximum atomic E-state index is 5.81. The largest absolute Gasteiger partial charge is 0.497 e. The molecule has 2 rings (SSSR count). The smallest absolute Gasteiger partial charge is 0.127 e. The summed E-state index contributed by atoms with van der Waals surface area (Å²) in [7, 11) is 1.65. The van der Waals surface area contributed by atoms with Gasteiger partial charge in [0.1, 0.15) is 17.3 Å². The van der Waals surface area contributed by atoms with Crippen LogP contribution in [0, 0.1) is 0 Å². The highest BCUT2D eigenvalue weighted by Crippen LogP contribution is 2.22. The highest BCUT2D eigenvalue weighted by molar-refractivity contribution is 5.47. The number of nitrogens with two attached hydrogens (primary N) is 1. The lowest BCUT2D eigenvalue weighted by Gasteiger charge is -2.16. The summed E-state index contributed by atoms with van der Waals surface area (Å²) in [5.74, 6) is 2.68. The van der Waals surface area contributed by atoms with Crippen LogP contribution >= 0.6 is 0 Å². The van der Waals surface area contributed by atoms with Crippen molar-refractivity contribution in [3.63, 3.8) is 0 Å². The van der Waals surface area contributed by atoms with E-state index in [9.17, 15) is 0 Å². The van der Waals surface area contributed by atoms with Gasteiger partial charge in [-0.25, -0.2) is 0 Å². The quantitative estimate of drug-likeness (QED) is 0.838. The molecule has 1 heterocycles. The maximum absolute atomic E-state index is 5.81. The molecule has 0 spiro atoms. The zero-order chi connectivity index (χ0) is 13.7. The van der Waals surface area contributed by atoms with Crippen molar-refractivity contribution in [3.8, 4) is 5.75 Å². The number of furan rings is 1. The lowest BCUT2D eigenvalue weighted by molar-refractivity contribution is 0.415. The fourth-order valence-electron chi connectivity index (χ4n) is 1.91. The lowest BCUT2D eigenvalue weighted by atomic mass is 10.2. The molecule has 0 fully saturated rings. The molecular formula is C15H20N2O2. The van der Waals surface area contributed by atoms with Crippen LogP contribution in [0.5, 0.6) is 5.75 Å². The Balaban J connectivity index is 2.09. The van der Waals surface area contributed by atoms with Crippen molar-refractivity contribution < 1.29 is 9.15 Å². The summed E-state index contributed by atoms with van der Waals surface area (Å²) in [6.45, 7) is 2.54. The van der Waals surface area contributed by atoms with E-state index in [0.717, 1.165) is 29.4 Å². The Morgan fingerprint density at radius 1 is 1.21 bits per heavy atom. The summed E-state index contributed by atoms with van der Waals surface area (Å²) in [6.07, 6.45) is 0.889. The number of hydrogen-bond acceptors (Lipinski definition) is 4. The fraction of sp³-hybridized carbons (Fsp3) is 0.333. The van der Waals surface area contributed by atoms with Crippen LogP contribution in [-0.2, 0) is 6.42 Å². The van der Waals surface area contributed by atoms with Crippen molar-refractivity contribution >= 4 is 5.69 Å². The second kappa shape index (κ2) is 6.29. The first-order valence-electron chi connectivity index (χ1n) is 6.46. The SMILES string of the molecule is CCc1ccc(C(CN)Nc2ccc(OC)cc2)o1. The molecule has 0 aliphatic rings. The van der Waals surface area contributed by atoms with Crippen molar-refractivity contribution in [1.29, 1.82) is 0 Å². The molecule has 1 unspecified atom stereocenters. The summed E-state index contributed by atoms with van der Waals surface area (Å²) in [4.78, 5) is 0. The molecule has 0 radical (unpaired) electrons. The number of benzene rings is 1. The van der Waals surface area contributed by atoms with Gasteiger partial charge in [-0.15, -0.1) is 0 Å². The molecule has 0 saturated heterocycles. The third-order valence-corrected chi connectivity index (χ3v) is 3.04. The first-order chi connectivity index (χ1) is 9.26. The molecule has 102 valence electrons. The van der Waals surface area contributed by atoms with E-state index in [1.54, 1.807) is 7.11 Å². The van der Waals surface area contributed by atoms with E-state index >= 15 is 0 Å². The molecule has 4 heteroatoms. The topological polar surface area (TPSA) is 60.4 Å². The van der Waals surface area contributed by atoms with E-state index in [0.29, 0.717) is 6.54 Å². The monoisotopic (exact) mass is 260 g/mol. The van der Waals surface area contributed by atoms with Crippen LogP contribution in [0.2, 0.25) is 0 Å². The maximum Gasteiger partial charge on any atom is 0.127 e. The van der Waals surface area contributed by atoms with Crippen LogP contribution in [0.25, 0.3) is 0 Å². The standard InChI is InChI=1S/C15H20N2O2/c1-3-12-8-9-15(19-12)14(10-16)17-11-4-6-13(18-2)7-5-11/h4-9,14,17H,3,10,16H2,1-2H3. The summed E-state index contributed by atoms with van der Waals surface area (Å²) in [5, 5.41) is 3.36. The molecule has 3 N–H and O–H groups in total. The van der Waals surface area contributed by atoms with Crippen LogP contribution in [-0.4, -0.2) is 13.7 Å². The third-order valence-electron chi connectivity index (χ3n) is 3.04. The molecule has 1 aromatic carbocycles. The minimum absolute atomic E-state index is 0.0197. The second-order valence-electron chi connectivity index (χ2n) is 4.32. The molecule has 1 aromatic heterocycles. The molecule has 2 aromatic rings. The highest BCUT2D eigenvalue weighted by Gasteiger charge is 2.13. The van der Waals surface area contributed by atoms with Crippen molar-refractivity contribution in [2.45, 2.75) is 19.4 Å². The minimum Gasteiger partial charge on any atom is -0.497 e. The number of hydrogen-bond donors (Lipinski definition) is 2. The van der Waals surface area contributed by atoms with E-state index in [1.807, 2.05) is 36.4 Å². The van der Waals surface area contributed by atoms with E-state index < -0.39 is 0 Å². The summed E-state index contributed by atoms with van der Waals surface area (Å²) in [5.41, 5.74) is 6.80. The second-order valence-corrected chi connectivity index (χ2v) is 4.32. The van der Waals surface area contributed by atoms with Gasteiger partial charge in [-0.05, 0) is 36.4 Å². The molecule has 0 saturated carbocycles. The predicted molar refractivity (Wildman–Crippen MR) is 76.5 cm³/mol. The van der Waals surface area contributed by atoms with Gasteiger partial charge in [0.05, 0.1) is 13.2 Å². The van der Waals surface area contributed by atoms with E-state index in [2.05, 4.69) is 12.2 Å². The van der Waals surface area contributed by atoms with Crippen molar-refractivity contribution in [3.05, 3.63) is 47.9 Å². The Morgan fingerprint density at radius 2 is 1.95 bits per heavy atom. The Kier molecular flexibility index (Phi) is 4.47. The van der Waals surface area contributed by atoms with Gasteiger partial charge in [0.2, 0.25) is 0 Å². The molecule has 0 amide bonds. The van der Waals surface area contributed by atoms with Gasteiger partial charge in [0, 0.05) is 18.7 Å². The zero-order valence-corrected chi connectivity index (χ0v) is 11.3. The molecule has 4 nitrogen and oxygen atoms in total. The van der Waals surface area contributed by atoms with Crippen LogP contribution in [0.4, 0.5) is 5.69 Å². The minimum atomic E-state index is -0.0197. The van der Waals surface area contributed by atoms with Crippen molar-refractivity contribution in [1.82, 2.24) is 0 Å². The number of nitrogens with one attached hydrogen (secondary N) is 1. The number of rotatable bonds is 6. The van der Waals surface area contributed by atoms with Crippen LogP contribution in [0.15, 0.2) is 40.8 Å². The van der Waals surface area contributed by atoms with Crippen LogP contribution in [0.1, 0.15) is 24.5 Å². The lowest BCUT2D eigenvalue weighted by Crippen LogP contribution is -2.20. The van der Waals surface area contributed by atoms with E-state index in [1.165, 1.54) is 0 Å². The van der Waals surface area contributed by atoms with Crippen LogP contribution < -0.4 is 15.8 Å². The van der Waals surface area contributed by atoms with Gasteiger partial charge < -0.3 is 20.2 Å².